The lowest BCUT2D eigenvalue weighted by molar-refractivity contribution is -0.117. The van der Waals surface area contributed by atoms with Gasteiger partial charge in [-0.3, -0.25) is 14.6 Å². The molecule has 8 heteroatoms. The maximum Gasteiger partial charge on any atom is 0.339 e. The molecule has 35 heavy (non-hydrogen) atoms. The number of rotatable bonds is 6. The second kappa shape index (κ2) is 9.58. The zero-order chi connectivity index (χ0) is 24.4. The van der Waals surface area contributed by atoms with Gasteiger partial charge in [0.05, 0.1) is 24.9 Å². The second-order valence-corrected chi connectivity index (χ2v) is 8.57. The maximum absolute atomic E-state index is 12.7. The van der Waals surface area contributed by atoms with Crippen molar-refractivity contribution in [2.75, 3.05) is 25.1 Å². The van der Waals surface area contributed by atoms with Gasteiger partial charge >= 0.3 is 5.97 Å². The lowest BCUT2D eigenvalue weighted by Gasteiger charge is -2.16. The highest BCUT2D eigenvalue weighted by Gasteiger charge is 2.27. The van der Waals surface area contributed by atoms with E-state index in [2.05, 4.69) is 10.3 Å². The Morgan fingerprint density at radius 2 is 1.91 bits per heavy atom. The van der Waals surface area contributed by atoms with Crippen molar-refractivity contribution in [3.8, 4) is 17.0 Å². The minimum Gasteiger partial charge on any atom is -0.487 e. The third-order valence-corrected chi connectivity index (χ3v) is 6.29. The Morgan fingerprint density at radius 3 is 2.60 bits per heavy atom. The molecular weight excluding hydrogens is 446 g/mol. The highest BCUT2D eigenvalue weighted by atomic mass is 16.5. The van der Waals surface area contributed by atoms with Gasteiger partial charge in [-0.25, -0.2) is 4.79 Å². The molecule has 3 aromatic rings. The van der Waals surface area contributed by atoms with Crippen molar-refractivity contribution >= 4 is 23.5 Å². The minimum atomic E-state index is -0.437. The Hall–Kier alpha value is -4.20. The second-order valence-electron chi connectivity index (χ2n) is 8.57. The van der Waals surface area contributed by atoms with Crippen LogP contribution in [0.4, 0.5) is 5.69 Å². The molecule has 2 amide bonds. The van der Waals surface area contributed by atoms with Crippen LogP contribution < -0.4 is 15.0 Å². The number of para-hydroxylation sites is 1. The van der Waals surface area contributed by atoms with E-state index in [-0.39, 0.29) is 17.9 Å². The Bertz CT molecular complexity index is 1270. The number of carbonyl (C=O) groups is 3. The monoisotopic (exact) mass is 471 g/mol. The molecule has 1 fully saturated rings. The smallest absolute Gasteiger partial charge is 0.339 e. The van der Waals surface area contributed by atoms with Gasteiger partial charge in [0, 0.05) is 42.4 Å². The summed E-state index contributed by atoms with van der Waals surface area (Å²) in [7, 11) is 1.33. The van der Waals surface area contributed by atoms with Gasteiger partial charge in [0.2, 0.25) is 5.91 Å². The van der Waals surface area contributed by atoms with Crippen molar-refractivity contribution in [1.29, 1.82) is 0 Å². The molecule has 1 N–H and O–H groups in total. The molecule has 8 nitrogen and oxygen atoms in total. The SMILES string of the molecule is COC(=O)c1ccc(-c2cccc3c2O[C@@H](CNC(=O)c2ccc(N4CCCC4=O)cc2)C3)nc1. The van der Waals surface area contributed by atoms with E-state index in [9.17, 15) is 14.4 Å². The van der Waals surface area contributed by atoms with E-state index in [0.29, 0.717) is 36.2 Å². The van der Waals surface area contributed by atoms with Crippen molar-refractivity contribution in [3.63, 3.8) is 0 Å². The molecule has 2 aliphatic rings. The Balaban J connectivity index is 1.22. The van der Waals surface area contributed by atoms with Crippen LogP contribution in [0.5, 0.6) is 5.75 Å². The van der Waals surface area contributed by atoms with Crippen molar-refractivity contribution < 1.29 is 23.9 Å². The summed E-state index contributed by atoms with van der Waals surface area (Å²) in [6.45, 7) is 1.07. The number of anilines is 1. The molecule has 0 radical (unpaired) electrons. The Kier molecular flexibility index (Phi) is 6.18. The van der Waals surface area contributed by atoms with E-state index in [1.165, 1.54) is 13.3 Å². The standard InChI is InChI=1S/C27H25N3O5/c1-34-27(33)19-9-12-23(28-15-19)22-5-2-4-18-14-21(35-25(18)22)16-29-26(32)17-7-10-20(11-8-17)30-13-3-6-24(30)31/h2,4-5,7-12,15,21H,3,6,13-14,16H2,1H3,(H,29,32)/t21-/m1/s1. The van der Waals surface area contributed by atoms with Crippen LogP contribution in [-0.2, 0) is 16.0 Å². The molecule has 178 valence electrons. The van der Waals surface area contributed by atoms with Crippen LogP contribution in [0.2, 0.25) is 0 Å². The van der Waals surface area contributed by atoms with Gasteiger partial charge in [-0.05, 0) is 54.4 Å². The normalized spacial score (nSPS) is 16.5. The van der Waals surface area contributed by atoms with E-state index in [1.807, 2.05) is 30.3 Å². The van der Waals surface area contributed by atoms with Gasteiger partial charge in [-0.1, -0.05) is 12.1 Å². The largest absolute Gasteiger partial charge is 0.487 e. The van der Waals surface area contributed by atoms with Crippen molar-refractivity contribution in [3.05, 3.63) is 77.5 Å². The fourth-order valence-electron chi connectivity index (χ4n) is 4.47. The summed E-state index contributed by atoms with van der Waals surface area (Å²) in [5.74, 6) is 0.233. The van der Waals surface area contributed by atoms with Crippen LogP contribution in [0.15, 0.2) is 60.8 Å². The van der Waals surface area contributed by atoms with Crippen molar-refractivity contribution in [2.24, 2.45) is 0 Å². The highest BCUT2D eigenvalue weighted by molar-refractivity contribution is 5.97. The minimum absolute atomic E-state index is 0.120. The molecule has 0 spiro atoms. The van der Waals surface area contributed by atoms with Gasteiger partial charge in [-0.2, -0.15) is 0 Å². The highest BCUT2D eigenvalue weighted by Crippen LogP contribution is 2.38. The average molecular weight is 472 g/mol. The number of hydrogen-bond donors (Lipinski definition) is 1. The number of methoxy groups -OCH3 is 1. The molecule has 1 aromatic heterocycles. The van der Waals surface area contributed by atoms with Gasteiger partial charge in [-0.15, -0.1) is 0 Å². The Morgan fingerprint density at radius 1 is 1.11 bits per heavy atom. The van der Waals surface area contributed by atoms with Crippen LogP contribution in [-0.4, -0.2) is 49.1 Å². The van der Waals surface area contributed by atoms with Crippen LogP contribution in [0.1, 0.15) is 39.1 Å². The van der Waals surface area contributed by atoms with Gasteiger partial charge in [0.25, 0.3) is 5.91 Å². The lowest BCUT2D eigenvalue weighted by atomic mass is 10.0. The summed E-state index contributed by atoms with van der Waals surface area (Å²) in [6.07, 6.45) is 3.38. The first-order valence-electron chi connectivity index (χ1n) is 11.6. The van der Waals surface area contributed by atoms with E-state index < -0.39 is 5.97 Å². The summed E-state index contributed by atoms with van der Waals surface area (Å²) < 4.78 is 10.9. The molecule has 3 heterocycles. The number of carbonyl (C=O) groups excluding carboxylic acids is 3. The number of amides is 2. The summed E-state index contributed by atoms with van der Waals surface area (Å²) in [5.41, 5.74) is 4.30. The van der Waals surface area contributed by atoms with E-state index in [0.717, 1.165) is 35.5 Å². The molecule has 0 saturated carbocycles. The molecule has 1 saturated heterocycles. The summed E-state index contributed by atoms with van der Waals surface area (Å²) >= 11 is 0. The summed E-state index contributed by atoms with van der Waals surface area (Å²) in [4.78, 5) is 42.4. The molecule has 0 unspecified atom stereocenters. The summed E-state index contributed by atoms with van der Waals surface area (Å²) in [6, 6.07) is 16.4. The van der Waals surface area contributed by atoms with Crippen molar-refractivity contribution in [1.82, 2.24) is 10.3 Å². The first-order chi connectivity index (χ1) is 17.0. The number of ether oxygens (including phenoxy) is 2. The van der Waals surface area contributed by atoms with Gasteiger partial charge in [0.15, 0.2) is 0 Å². The molecule has 0 aliphatic carbocycles. The lowest BCUT2D eigenvalue weighted by Crippen LogP contribution is -2.34. The predicted octanol–water partition coefficient (Wildman–Crippen LogP) is 3.40. The fourth-order valence-corrected chi connectivity index (χ4v) is 4.47. The molecule has 2 aliphatic heterocycles. The first-order valence-corrected chi connectivity index (χ1v) is 11.6. The molecule has 2 aromatic carbocycles. The number of aromatic nitrogens is 1. The number of esters is 1. The van der Waals surface area contributed by atoms with Gasteiger partial charge in [0.1, 0.15) is 11.9 Å². The molecule has 0 bridgehead atoms. The fraction of sp³-hybridized carbons (Fsp3) is 0.259. The quantitative estimate of drug-likeness (QED) is 0.554. The average Bonchev–Trinajstić information content (AvgIpc) is 3.52. The molecule has 5 rings (SSSR count). The van der Waals surface area contributed by atoms with Crippen molar-refractivity contribution in [2.45, 2.75) is 25.4 Å². The number of nitrogens with zero attached hydrogens (tertiary/aromatic N) is 2. The number of pyridine rings is 1. The number of benzene rings is 2. The third kappa shape index (κ3) is 4.59. The molecule has 1 atom stereocenters. The number of hydrogen-bond acceptors (Lipinski definition) is 6. The van der Waals surface area contributed by atoms with E-state index >= 15 is 0 Å². The number of nitrogens with one attached hydrogen (secondary N) is 1. The molecular formula is C27H25N3O5. The zero-order valence-corrected chi connectivity index (χ0v) is 19.3. The topological polar surface area (TPSA) is 97.8 Å². The number of fused-ring (bicyclic) bond motifs is 1. The first kappa shape index (κ1) is 22.6. The predicted molar refractivity (Wildman–Crippen MR) is 129 cm³/mol. The van der Waals surface area contributed by atoms with E-state index in [1.54, 1.807) is 29.2 Å². The maximum atomic E-state index is 12.7. The van der Waals surface area contributed by atoms with Crippen LogP contribution >= 0.6 is 0 Å². The van der Waals surface area contributed by atoms with Gasteiger partial charge < -0.3 is 19.7 Å². The van der Waals surface area contributed by atoms with Crippen LogP contribution in [0, 0.1) is 0 Å². The van der Waals surface area contributed by atoms with Crippen LogP contribution in [0.3, 0.4) is 0 Å². The van der Waals surface area contributed by atoms with E-state index in [4.69, 9.17) is 9.47 Å². The third-order valence-electron chi connectivity index (χ3n) is 6.29. The summed E-state index contributed by atoms with van der Waals surface area (Å²) in [5, 5.41) is 2.95. The zero-order valence-electron chi connectivity index (χ0n) is 19.3. The van der Waals surface area contributed by atoms with Crippen LogP contribution in [0.25, 0.3) is 11.3 Å². The Labute approximate surface area is 202 Å².